The quantitative estimate of drug-likeness (QED) is 0.191. The molecule has 3 heterocycles. The Labute approximate surface area is 295 Å². The van der Waals surface area contributed by atoms with Gasteiger partial charge in [0.05, 0.1) is 16.8 Å². The Morgan fingerprint density at radius 3 is 1.69 bits per heavy atom. The zero-order valence-electron chi connectivity index (χ0n) is 27.5. The van der Waals surface area contributed by atoms with Crippen molar-refractivity contribution in [2.24, 2.45) is 0 Å². The molecule has 1 spiro atoms. The van der Waals surface area contributed by atoms with E-state index in [2.05, 4.69) is 170 Å². The zero-order valence-corrected chi connectivity index (χ0v) is 27.5. The average molecular weight is 652 g/mol. The number of fused-ring (bicyclic) bond motifs is 12. The van der Waals surface area contributed by atoms with Gasteiger partial charge in [-0.15, -0.1) is 0 Å². The summed E-state index contributed by atoms with van der Waals surface area (Å²) in [6.45, 7) is 0. The summed E-state index contributed by atoms with van der Waals surface area (Å²) in [6.07, 6.45) is 0. The van der Waals surface area contributed by atoms with Gasteiger partial charge < -0.3 is 9.15 Å². The summed E-state index contributed by atoms with van der Waals surface area (Å²) in [4.78, 5) is 5.20. The predicted octanol–water partition coefficient (Wildman–Crippen LogP) is 12.5. The number of hydrogen-bond donors (Lipinski definition) is 0. The molecule has 2 aliphatic rings. The molecule has 0 radical (unpaired) electrons. The maximum atomic E-state index is 6.81. The summed E-state index contributed by atoms with van der Waals surface area (Å²) in [5.41, 5.74) is 14.6. The molecule has 1 aliphatic heterocycles. The summed E-state index contributed by atoms with van der Waals surface area (Å²) in [7, 11) is 0. The minimum absolute atomic E-state index is 0.536. The molecule has 3 nitrogen and oxygen atoms in total. The summed E-state index contributed by atoms with van der Waals surface area (Å²) >= 11 is 0. The number of rotatable bonds is 3. The van der Waals surface area contributed by atoms with E-state index in [1.807, 2.05) is 6.07 Å². The molecule has 0 N–H and O–H groups in total. The van der Waals surface area contributed by atoms with E-state index in [9.17, 15) is 0 Å². The average Bonchev–Trinajstić information content (AvgIpc) is 3.71. The minimum Gasteiger partial charge on any atom is -0.457 e. The van der Waals surface area contributed by atoms with Gasteiger partial charge in [0.15, 0.2) is 0 Å². The molecular formula is C48H29NO2. The summed E-state index contributed by atoms with van der Waals surface area (Å²) in [5.74, 6) is 1.72. The fourth-order valence-electron chi connectivity index (χ4n) is 8.52. The first kappa shape index (κ1) is 28.2. The number of hydrogen-bond acceptors (Lipinski definition) is 3. The van der Waals surface area contributed by atoms with Crippen LogP contribution in [-0.4, -0.2) is 4.98 Å². The smallest absolute Gasteiger partial charge is 0.136 e. The van der Waals surface area contributed by atoms with Crippen LogP contribution in [0.4, 0.5) is 0 Å². The number of benzene rings is 7. The molecule has 7 aromatic carbocycles. The van der Waals surface area contributed by atoms with Gasteiger partial charge in [0.1, 0.15) is 22.7 Å². The van der Waals surface area contributed by atoms with Crippen molar-refractivity contribution in [2.75, 3.05) is 0 Å². The lowest BCUT2D eigenvalue weighted by Gasteiger charge is -2.39. The normalized spacial score (nSPS) is 13.4. The molecule has 2 aromatic heterocycles. The minimum atomic E-state index is -0.536. The Morgan fingerprint density at radius 2 is 0.961 bits per heavy atom. The van der Waals surface area contributed by atoms with Crippen LogP contribution in [0.15, 0.2) is 180 Å². The van der Waals surface area contributed by atoms with E-state index in [0.29, 0.717) is 0 Å². The highest BCUT2D eigenvalue weighted by atomic mass is 16.5. The maximum absolute atomic E-state index is 6.81. The van der Waals surface area contributed by atoms with Crippen molar-refractivity contribution < 1.29 is 9.15 Å². The molecular weight excluding hydrogens is 623 g/mol. The first-order valence-corrected chi connectivity index (χ1v) is 17.4. The first-order valence-electron chi connectivity index (χ1n) is 17.4. The van der Waals surface area contributed by atoms with E-state index in [1.54, 1.807) is 0 Å². The highest BCUT2D eigenvalue weighted by Gasteiger charge is 2.51. The van der Waals surface area contributed by atoms with E-state index in [0.717, 1.165) is 78.2 Å². The molecule has 0 saturated carbocycles. The highest BCUT2D eigenvalue weighted by Crippen LogP contribution is 2.62. The van der Waals surface area contributed by atoms with Crippen LogP contribution in [0.5, 0.6) is 11.5 Å². The van der Waals surface area contributed by atoms with Crippen molar-refractivity contribution in [1.82, 2.24) is 4.98 Å². The molecule has 9 aromatic rings. The second-order valence-corrected chi connectivity index (χ2v) is 13.5. The van der Waals surface area contributed by atoms with E-state index < -0.39 is 5.41 Å². The van der Waals surface area contributed by atoms with Crippen LogP contribution >= 0.6 is 0 Å². The van der Waals surface area contributed by atoms with Crippen molar-refractivity contribution in [3.05, 3.63) is 198 Å². The third-order valence-electron chi connectivity index (χ3n) is 10.7. The Bertz CT molecular complexity index is 2730. The molecule has 11 rings (SSSR count). The number of furan rings is 1. The third kappa shape index (κ3) is 4.03. The molecule has 3 heteroatoms. The number of ether oxygens (including phenoxy) is 1. The van der Waals surface area contributed by atoms with Gasteiger partial charge in [-0.25, -0.2) is 4.98 Å². The van der Waals surface area contributed by atoms with Crippen LogP contribution in [0.3, 0.4) is 0 Å². The van der Waals surface area contributed by atoms with E-state index in [1.165, 1.54) is 22.3 Å². The Kier molecular flexibility index (Phi) is 5.88. The van der Waals surface area contributed by atoms with Gasteiger partial charge in [-0.1, -0.05) is 127 Å². The van der Waals surface area contributed by atoms with Crippen molar-refractivity contribution in [1.29, 1.82) is 0 Å². The maximum Gasteiger partial charge on any atom is 0.136 e. The molecule has 51 heavy (non-hydrogen) atoms. The molecule has 0 bridgehead atoms. The van der Waals surface area contributed by atoms with Crippen molar-refractivity contribution in [3.63, 3.8) is 0 Å². The largest absolute Gasteiger partial charge is 0.457 e. The van der Waals surface area contributed by atoms with Crippen LogP contribution < -0.4 is 4.74 Å². The van der Waals surface area contributed by atoms with Crippen molar-refractivity contribution in [3.8, 4) is 56.3 Å². The third-order valence-corrected chi connectivity index (χ3v) is 10.7. The van der Waals surface area contributed by atoms with Crippen LogP contribution in [0, 0.1) is 0 Å². The van der Waals surface area contributed by atoms with Gasteiger partial charge >= 0.3 is 0 Å². The first-order chi connectivity index (χ1) is 25.3. The Balaban J connectivity index is 1.13. The van der Waals surface area contributed by atoms with Gasteiger partial charge in [0.25, 0.3) is 0 Å². The number of aromatic nitrogens is 1. The topological polar surface area (TPSA) is 35.3 Å². The van der Waals surface area contributed by atoms with Crippen LogP contribution in [0.2, 0.25) is 0 Å². The molecule has 0 saturated heterocycles. The molecule has 0 atom stereocenters. The van der Waals surface area contributed by atoms with Crippen LogP contribution in [0.25, 0.3) is 66.7 Å². The second-order valence-electron chi connectivity index (χ2n) is 13.5. The second kappa shape index (κ2) is 10.6. The van der Waals surface area contributed by atoms with Gasteiger partial charge in [-0.2, -0.15) is 0 Å². The van der Waals surface area contributed by atoms with Crippen LogP contribution in [0.1, 0.15) is 22.3 Å². The molecule has 0 fully saturated rings. The lowest BCUT2D eigenvalue weighted by Crippen LogP contribution is -2.32. The molecule has 238 valence electrons. The van der Waals surface area contributed by atoms with Gasteiger partial charge in [0, 0.05) is 33.0 Å². The highest BCUT2D eigenvalue weighted by molar-refractivity contribution is 6.08. The van der Waals surface area contributed by atoms with E-state index >= 15 is 0 Å². The molecule has 0 unspecified atom stereocenters. The summed E-state index contributed by atoms with van der Waals surface area (Å²) in [6, 6.07) is 62.1. The fourth-order valence-corrected chi connectivity index (χ4v) is 8.52. The lowest BCUT2D eigenvalue weighted by atomic mass is 9.66. The number of para-hydroxylation sites is 1. The molecule has 1 aliphatic carbocycles. The van der Waals surface area contributed by atoms with Crippen molar-refractivity contribution in [2.45, 2.75) is 5.41 Å². The SMILES string of the molecule is c1ccc(-c2cc(-c3ccccc3)nc(-c3ccc4oc5cc6c(cc5c4c3)Oc3ccccc3C63c4ccccc4-c4ccccc43)c2)cc1. The Morgan fingerprint density at radius 1 is 0.373 bits per heavy atom. The number of pyridine rings is 1. The lowest BCUT2D eigenvalue weighted by molar-refractivity contribution is 0.437. The van der Waals surface area contributed by atoms with E-state index in [4.69, 9.17) is 14.1 Å². The zero-order chi connectivity index (χ0) is 33.5. The monoisotopic (exact) mass is 651 g/mol. The van der Waals surface area contributed by atoms with Gasteiger partial charge in [0.2, 0.25) is 0 Å². The summed E-state index contributed by atoms with van der Waals surface area (Å²) < 4.78 is 13.5. The van der Waals surface area contributed by atoms with Crippen molar-refractivity contribution >= 4 is 21.9 Å². The Hall–Kier alpha value is -6.71. The molecule has 0 amide bonds. The van der Waals surface area contributed by atoms with Gasteiger partial charge in [-0.3, -0.25) is 0 Å². The number of nitrogens with zero attached hydrogens (tertiary/aromatic N) is 1. The van der Waals surface area contributed by atoms with E-state index in [-0.39, 0.29) is 0 Å². The summed E-state index contributed by atoms with van der Waals surface area (Å²) in [5, 5.41) is 2.05. The fraction of sp³-hybridized carbons (Fsp3) is 0.0208. The standard InChI is InChI=1S/C48H29NO2/c1-3-13-30(14-4-1)33-26-42(31-15-5-2-6-16-31)49-43(27-33)32-23-24-44-36(25-32)37-28-47-41(29-46(37)50-44)48(40-21-11-12-22-45(40)51-47)38-19-9-7-17-34(38)35-18-8-10-20-39(35)48/h1-29H. The van der Waals surface area contributed by atoms with Gasteiger partial charge in [-0.05, 0) is 81.9 Å². The van der Waals surface area contributed by atoms with Crippen LogP contribution in [-0.2, 0) is 5.41 Å². The predicted molar refractivity (Wildman–Crippen MR) is 205 cm³/mol.